The first-order valence-electron chi connectivity index (χ1n) is 3.82. The summed E-state index contributed by atoms with van der Waals surface area (Å²) in [6.45, 7) is 4.48. The summed E-state index contributed by atoms with van der Waals surface area (Å²) < 4.78 is 0. The molecule has 0 aromatic carbocycles. The molecule has 0 nitrogen and oxygen atoms in total. The maximum absolute atomic E-state index is 2.43. The van der Waals surface area contributed by atoms with Crippen LogP contribution in [0.4, 0.5) is 0 Å². The van der Waals surface area contributed by atoms with Crippen molar-refractivity contribution in [1.29, 1.82) is 0 Å². The van der Waals surface area contributed by atoms with Crippen LogP contribution in [0, 0.1) is 0 Å². The second-order valence-electron chi connectivity index (χ2n) is 2.63. The Labute approximate surface area is 69.2 Å². The molecule has 0 bridgehead atoms. The monoisotopic (exact) mass is 176 g/mol. The largest absolute Gasteiger partial charge is 0.167 e. The summed E-state index contributed by atoms with van der Waals surface area (Å²) in [6.07, 6.45) is 6.07. The van der Waals surface area contributed by atoms with Gasteiger partial charge in [0.1, 0.15) is 0 Å². The normalized spacial score (nSPS) is 34.9. The number of hydrogen-bond donors (Lipinski definition) is 0. The van der Waals surface area contributed by atoms with Gasteiger partial charge >= 0.3 is 0 Å². The summed E-state index contributed by atoms with van der Waals surface area (Å²) in [4.78, 5) is 1.75. The first kappa shape index (κ1) is 8.54. The fourth-order valence-electron chi connectivity index (χ4n) is 1.08. The highest BCUT2D eigenvalue weighted by atomic mass is 33.2. The summed E-state index contributed by atoms with van der Waals surface area (Å²) in [5, 5.41) is 0. The fraction of sp³-hybridized carbons (Fsp3) is 0.750. The first-order valence-corrected chi connectivity index (χ1v) is 7.53. The van der Waals surface area contributed by atoms with Gasteiger partial charge in [0.15, 0.2) is 0 Å². The molecule has 10 heavy (non-hydrogen) atoms. The van der Waals surface area contributed by atoms with E-state index in [0.717, 1.165) is 0 Å². The van der Waals surface area contributed by atoms with Gasteiger partial charge in [0.25, 0.3) is 0 Å². The fourth-order valence-corrected chi connectivity index (χ4v) is 6.56. The minimum absolute atomic E-state index is 0.249. The highest BCUT2D eigenvalue weighted by molar-refractivity contribution is 8.99. The molecular weight excluding hydrogens is 160 g/mol. The molecule has 0 amide bonds. The van der Waals surface area contributed by atoms with Crippen molar-refractivity contribution in [3.8, 4) is 0 Å². The average Bonchev–Trinajstić information content (AvgIpc) is 2.44. The predicted molar refractivity (Wildman–Crippen MR) is 54.9 cm³/mol. The van der Waals surface area contributed by atoms with Gasteiger partial charge in [-0.3, -0.25) is 0 Å². The zero-order valence-corrected chi connectivity index (χ0v) is 8.65. The third kappa shape index (κ3) is 1.73. The van der Waals surface area contributed by atoms with Gasteiger partial charge in [-0.15, -0.1) is 10.8 Å². The Balaban J connectivity index is 2.40. The lowest BCUT2D eigenvalue weighted by atomic mass is 10.4. The van der Waals surface area contributed by atoms with E-state index in [4.69, 9.17) is 0 Å². The maximum atomic E-state index is 2.43. The second-order valence-corrected chi connectivity index (χ2v) is 9.18. The Bertz CT molecular complexity index is 151. The lowest BCUT2D eigenvalue weighted by Gasteiger charge is -2.09. The zero-order valence-electron chi connectivity index (χ0n) is 7.02. The Morgan fingerprint density at radius 2 is 2.30 bits per heavy atom. The van der Waals surface area contributed by atoms with Gasteiger partial charge in [-0.2, -0.15) is 9.06 Å². The molecule has 0 unspecified atom stereocenters. The highest BCUT2D eigenvalue weighted by Gasteiger charge is 2.38. The van der Waals surface area contributed by atoms with Gasteiger partial charge in [0.2, 0.25) is 0 Å². The van der Waals surface area contributed by atoms with Gasteiger partial charge in [0, 0.05) is 5.75 Å². The molecule has 0 N–H and O–H groups in total. The van der Waals surface area contributed by atoms with E-state index < -0.39 is 0 Å². The smallest absolute Gasteiger partial charge is 0.0195 e. The van der Waals surface area contributed by atoms with E-state index in [2.05, 4.69) is 37.0 Å². The van der Waals surface area contributed by atoms with Crippen LogP contribution in [0.2, 0.25) is 0 Å². The molecule has 1 heterocycles. The molecule has 0 saturated carbocycles. The molecule has 0 aromatic rings. The van der Waals surface area contributed by atoms with Crippen molar-refractivity contribution in [1.82, 2.24) is 0 Å². The van der Waals surface area contributed by atoms with Crippen molar-refractivity contribution >= 4 is 19.9 Å². The number of rotatable bonds is 3. The minimum Gasteiger partial charge on any atom is -0.167 e. The molecule has 1 rings (SSSR count). The van der Waals surface area contributed by atoms with Crippen LogP contribution in [0.15, 0.2) is 11.0 Å². The van der Waals surface area contributed by atoms with Gasteiger partial charge in [0.05, 0.1) is 0 Å². The molecule has 1 saturated heterocycles. The van der Waals surface area contributed by atoms with Crippen LogP contribution in [-0.2, 0) is 0 Å². The molecule has 0 aliphatic carbocycles. The number of allylic oxidation sites excluding steroid dienone is 1. The maximum Gasteiger partial charge on any atom is 0.0195 e. The van der Waals surface area contributed by atoms with Crippen LogP contribution in [-0.4, -0.2) is 17.8 Å². The molecule has 0 spiro atoms. The van der Waals surface area contributed by atoms with Crippen LogP contribution >= 0.6 is 19.9 Å². The highest BCUT2D eigenvalue weighted by Crippen LogP contribution is 2.77. The van der Waals surface area contributed by atoms with Crippen molar-refractivity contribution < 1.29 is 0 Å². The third-order valence-corrected chi connectivity index (χ3v) is 7.65. The Hall–Kier alpha value is 0.440. The van der Waals surface area contributed by atoms with E-state index in [9.17, 15) is 0 Å². The standard InChI is InChI=1S/C8H16S2/c1-4-6-8-7-10(8,3)9-5-2/h6H,4-5,7H2,1-3H3/b8-6+. The zero-order chi connectivity index (χ0) is 7.61. The Morgan fingerprint density at radius 1 is 1.60 bits per heavy atom. The molecule has 0 aromatic heterocycles. The van der Waals surface area contributed by atoms with Crippen LogP contribution in [0.5, 0.6) is 0 Å². The van der Waals surface area contributed by atoms with E-state index in [1.165, 1.54) is 17.9 Å². The third-order valence-electron chi connectivity index (χ3n) is 1.69. The first-order chi connectivity index (χ1) is 4.73. The summed E-state index contributed by atoms with van der Waals surface area (Å²) in [5.74, 6) is 2.70. The second kappa shape index (κ2) is 3.22. The lowest BCUT2D eigenvalue weighted by molar-refractivity contribution is 1.22. The van der Waals surface area contributed by atoms with Crippen molar-refractivity contribution in [2.45, 2.75) is 20.3 Å². The summed E-state index contributed by atoms with van der Waals surface area (Å²) in [5.41, 5.74) is 0. The molecular formula is C8H16S2. The molecule has 0 radical (unpaired) electrons. The van der Waals surface area contributed by atoms with Crippen molar-refractivity contribution in [3.05, 3.63) is 11.0 Å². The Morgan fingerprint density at radius 3 is 2.80 bits per heavy atom. The van der Waals surface area contributed by atoms with Crippen molar-refractivity contribution in [2.24, 2.45) is 0 Å². The van der Waals surface area contributed by atoms with Crippen LogP contribution < -0.4 is 0 Å². The van der Waals surface area contributed by atoms with Crippen LogP contribution in [0.1, 0.15) is 20.3 Å². The van der Waals surface area contributed by atoms with Gasteiger partial charge in [-0.25, -0.2) is 0 Å². The van der Waals surface area contributed by atoms with Gasteiger partial charge < -0.3 is 0 Å². The quantitative estimate of drug-likeness (QED) is 0.469. The molecule has 1 atom stereocenters. The van der Waals surface area contributed by atoms with Crippen LogP contribution in [0.3, 0.4) is 0 Å². The van der Waals surface area contributed by atoms with Gasteiger partial charge in [-0.05, 0) is 23.3 Å². The van der Waals surface area contributed by atoms with E-state index in [1.807, 2.05) is 0 Å². The summed E-state index contributed by atoms with van der Waals surface area (Å²) in [7, 11) is 1.91. The molecule has 1 aliphatic rings. The molecule has 1 fully saturated rings. The predicted octanol–water partition coefficient (Wildman–Crippen LogP) is 3.40. The minimum atomic E-state index is -0.249. The van der Waals surface area contributed by atoms with E-state index in [0.29, 0.717) is 0 Å². The lowest BCUT2D eigenvalue weighted by Crippen LogP contribution is -1.67. The van der Waals surface area contributed by atoms with E-state index >= 15 is 0 Å². The summed E-state index contributed by atoms with van der Waals surface area (Å²) >= 11 is 0. The molecule has 2 heteroatoms. The van der Waals surface area contributed by atoms with Crippen LogP contribution in [0.25, 0.3) is 0 Å². The topological polar surface area (TPSA) is 0 Å². The SMILES string of the molecule is CC/C=C1\C[S@@]1(C)SCC. The van der Waals surface area contributed by atoms with Crippen molar-refractivity contribution in [3.63, 3.8) is 0 Å². The van der Waals surface area contributed by atoms with Gasteiger partial charge in [-0.1, -0.05) is 19.9 Å². The Kier molecular flexibility index (Phi) is 2.75. The average molecular weight is 176 g/mol. The molecule has 1 aliphatic heterocycles. The summed E-state index contributed by atoms with van der Waals surface area (Å²) in [6, 6.07) is 0. The molecule has 60 valence electrons. The van der Waals surface area contributed by atoms with Crippen molar-refractivity contribution in [2.75, 3.05) is 17.8 Å². The number of hydrogen-bond acceptors (Lipinski definition) is 1. The van der Waals surface area contributed by atoms with E-state index in [-0.39, 0.29) is 9.06 Å². The van der Waals surface area contributed by atoms with E-state index in [1.54, 1.807) is 4.91 Å².